The van der Waals surface area contributed by atoms with Crippen LogP contribution in [0.25, 0.3) is 0 Å². The number of hydrogen-bond acceptors (Lipinski definition) is 3. The summed E-state index contributed by atoms with van der Waals surface area (Å²) in [5.74, 6) is 1.87. The van der Waals surface area contributed by atoms with Crippen LogP contribution in [0.5, 0.6) is 0 Å². The topological polar surface area (TPSA) is 58.5 Å². The van der Waals surface area contributed by atoms with Gasteiger partial charge in [-0.05, 0) is 49.1 Å². The van der Waals surface area contributed by atoms with Gasteiger partial charge in [0.1, 0.15) is 0 Å². The van der Waals surface area contributed by atoms with Crippen molar-refractivity contribution in [2.45, 2.75) is 58.8 Å². The molecule has 0 bridgehead atoms. The van der Waals surface area contributed by atoms with Crippen LogP contribution in [0.1, 0.15) is 64.4 Å². The number of ether oxygens (including phenoxy) is 1. The highest BCUT2D eigenvalue weighted by Crippen LogP contribution is 2.41. The molecule has 2 N–H and O–H groups in total. The maximum Gasteiger partial charge on any atom is 0.191 e. The number of nitrogens with zero attached hydrogens (tertiary/aromatic N) is 2. The first-order valence-electron chi connectivity index (χ1n) is 10.5. The smallest absolute Gasteiger partial charge is 0.191 e. The van der Waals surface area contributed by atoms with Gasteiger partial charge in [-0.3, -0.25) is 9.98 Å². The molecule has 5 nitrogen and oxygen atoms in total. The van der Waals surface area contributed by atoms with Crippen LogP contribution in [0.2, 0.25) is 0 Å². The zero-order chi connectivity index (χ0) is 19.5. The lowest BCUT2D eigenvalue weighted by atomic mass is 9.83. The Morgan fingerprint density at radius 1 is 1.29 bits per heavy atom. The van der Waals surface area contributed by atoms with E-state index in [1.54, 1.807) is 7.11 Å². The van der Waals surface area contributed by atoms with Crippen molar-refractivity contribution in [1.29, 1.82) is 0 Å². The molecule has 1 fully saturated rings. The predicted molar refractivity (Wildman–Crippen MR) is 129 cm³/mol. The van der Waals surface area contributed by atoms with Crippen LogP contribution in [-0.4, -0.2) is 44.3 Å². The monoisotopic (exact) mass is 502 g/mol. The molecular formula is C22H39IN4O. The van der Waals surface area contributed by atoms with Crippen LogP contribution in [-0.2, 0) is 4.74 Å². The minimum absolute atomic E-state index is 0. The van der Waals surface area contributed by atoms with Crippen LogP contribution < -0.4 is 10.6 Å². The molecule has 2 rings (SSSR count). The molecule has 1 aliphatic carbocycles. The van der Waals surface area contributed by atoms with Crippen LogP contribution in [0.15, 0.2) is 29.5 Å². The quantitative estimate of drug-likeness (QED) is 0.279. The molecule has 160 valence electrons. The van der Waals surface area contributed by atoms with Crippen molar-refractivity contribution in [2.75, 3.05) is 33.4 Å². The maximum absolute atomic E-state index is 5.35. The van der Waals surface area contributed by atoms with Gasteiger partial charge in [0.05, 0.1) is 0 Å². The third-order valence-electron chi connectivity index (χ3n) is 5.82. The van der Waals surface area contributed by atoms with Crippen LogP contribution >= 0.6 is 24.0 Å². The second kappa shape index (κ2) is 13.4. The highest BCUT2D eigenvalue weighted by molar-refractivity contribution is 14.0. The second-order valence-corrected chi connectivity index (χ2v) is 8.16. The van der Waals surface area contributed by atoms with E-state index < -0.39 is 0 Å². The zero-order valence-electron chi connectivity index (χ0n) is 18.0. The minimum Gasteiger partial charge on any atom is -0.385 e. The summed E-state index contributed by atoms with van der Waals surface area (Å²) in [6.07, 6.45) is 10.1. The molecule has 0 amide bonds. The molecule has 0 aromatic carbocycles. The summed E-state index contributed by atoms with van der Waals surface area (Å²) in [5, 5.41) is 7.00. The van der Waals surface area contributed by atoms with Gasteiger partial charge in [-0.2, -0.15) is 0 Å². The van der Waals surface area contributed by atoms with Gasteiger partial charge in [0.15, 0.2) is 5.96 Å². The lowest BCUT2D eigenvalue weighted by molar-refractivity contribution is 0.141. The zero-order valence-corrected chi connectivity index (χ0v) is 20.4. The molecule has 1 aromatic rings. The van der Waals surface area contributed by atoms with Crippen LogP contribution in [0.4, 0.5) is 0 Å². The minimum atomic E-state index is 0. The number of halogens is 1. The summed E-state index contributed by atoms with van der Waals surface area (Å²) in [4.78, 5) is 9.26. The van der Waals surface area contributed by atoms with Crippen molar-refractivity contribution in [2.24, 2.45) is 16.3 Å². The van der Waals surface area contributed by atoms with E-state index in [4.69, 9.17) is 9.73 Å². The number of pyridine rings is 1. The molecule has 1 heterocycles. The van der Waals surface area contributed by atoms with Gasteiger partial charge in [0.25, 0.3) is 0 Å². The van der Waals surface area contributed by atoms with Crippen molar-refractivity contribution < 1.29 is 4.74 Å². The van der Waals surface area contributed by atoms with Gasteiger partial charge in [-0.1, -0.05) is 32.8 Å². The van der Waals surface area contributed by atoms with Crippen molar-refractivity contribution in [3.8, 4) is 0 Å². The predicted octanol–water partition coefficient (Wildman–Crippen LogP) is 4.59. The molecule has 6 heteroatoms. The number of hydrogen-bond donors (Lipinski definition) is 2. The SMILES string of the molecule is CCNC(=NCC1(CCOC)CCCC1)NCC(c1cccnc1)C(C)C.I. The average Bonchev–Trinajstić information content (AvgIpc) is 3.14. The Hall–Kier alpha value is -0.890. The Kier molecular flexibility index (Phi) is 12.0. The Labute approximate surface area is 188 Å². The Bertz CT molecular complexity index is 559. The van der Waals surface area contributed by atoms with Crippen molar-refractivity contribution in [1.82, 2.24) is 15.6 Å². The Balaban J connectivity index is 0.00000392. The molecule has 0 spiro atoms. The molecule has 0 aliphatic heterocycles. The maximum atomic E-state index is 5.35. The third kappa shape index (κ3) is 7.85. The summed E-state index contributed by atoms with van der Waals surface area (Å²) in [6.45, 7) is 10.1. The summed E-state index contributed by atoms with van der Waals surface area (Å²) in [5.41, 5.74) is 1.60. The van der Waals surface area contributed by atoms with Crippen LogP contribution in [0, 0.1) is 11.3 Å². The lowest BCUT2D eigenvalue weighted by Crippen LogP contribution is -2.41. The van der Waals surface area contributed by atoms with E-state index in [2.05, 4.69) is 42.5 Å². The van der Waals surface area contributed by atoms with E-state index in [0.29, 0.717) is 17.3 Å². The van der Waals surface area contributed by atoms with E-state index in [-0.39, 0.29) is 24.0 Å². The van der Waals surface area contributed by atoms with Crippen molar-refractivity contribution in [3.05, 3.63) is 30.1 Å². The number of aliphatic imine (C=N–C) groups is 1. The summed E-state index contributed by atoms with van der Waals surface area (Å²) < 4.78 is 5.35. The number of methoxy groups -OCH3 is 1. The fourth-order valence-electron chi connectivity index (χ4n) is 4.06. The molecule has 0 radical (unpaired) electrons. The molecule has 1 unspecified atom stereocenters. The number of guanidine groups is 1. The van der Waals surface area contributed by atoms with E-state index in [1.807, 2.05) is 18.5 Å². The normalized spacial score (nSPS) is 17.2. The standard InChI is InChI=1S/C22H38N4O.HI/c1-5-24-21(26-17-22(12-14-27-4)10-6-7-11-22)25-16-20(18(2)3)19-9-8-13-23-15-19;/h8-9,13,15,18,20H,5-7,10-12,14,16-17H2,1-4H3,(H2,24,25,26);1H. The highest BCUT2D eigenvalue weighted by atomic mass is 127. The van der Waals surface area contributed by atoms with Crippen molar-refractivity contribution in [3.63, 3.8) is 0 Å². The number of rotatable bonds is 10. The first kappa shape index (κ1) is 25.1. The lowest BCUT2D eigenvalue weighted by Gasteiger charge is -2.28. The van der Waals surface area contributed by atoms with E-state index in [1.165, 1.54) is 31.2 Å². The fourth-order valence-corrected chi connectivity index (χ4v) is 4.06. The molecular weight excluding hydrogens is 463 g/mol. The molecule has 1 aliphatic rings. The third-order valence-corrected chi connectivity index (χ3v) is 5.82. The van der Waals surface area contributed by atoms with Gasteiger partial charge in [-0.15, -0.1) is 24.0 Å². The Morgan fingerprint density at radius 2 is 2.04 bits per heavy atom. The first-order valence-corrected chi connectivity index (χ1v) is 10.5. The average molecular weight is 502 g/mol. The summed E-state index contributed by atoms with van der Waals surface area (Å²) in [7, 11) is 1.79. The summed E-state index contributed by atoms with van der Waals surface area (Å²) in [6, 6.07) is 4.19. The number of aromatic nitrogens is 1. The highest BCUT2D eigenvalue weighted by Gasteiger charge is 2.33. The first-order chi connectivity index (χ1) is 13.1. The van der Waals surface area contributed by atoms with Crippen molar-refractivity contribution >= 4 is 29.9 Å². The molecule has 1 aromatic heterocycles. The molecule has 0 saturated heterocycles. The number of nitrogens with one attached hydrogen (secondary N) is 2. The van der Waals surface area contributed by atoms with Gasteiger partial charge >= 0.3 is 0 Å². The van der Waals surface area contributed by atoms with Gasteiger partial charge in [0.2, 0.25) is 0 Å². The van der Waals surface area contributed by atoms with Gasteiger partial charge in [-0.25, -0.2) is 0 Å². The second-order valence-electron chi connectivity index (χ2n) is 8.16. The molecule has 1 saturated carbocycles. The van der Waals surface area contributed by atoms with Crippen LogP contribution in [0.3, 0.4) is 0 Å². The molecule has 1 atom stereocenters. The van der Waals surface area contributed by atoms with E-state index in [0.717, 1.165) is 38.6 Å². The molecule has 28 heavy (non-hydrogen) atoms. The van der Waals surface area contributed by atoms with Gasteiger partial charge < -0.3 is 15.4 Å². The largest absolute Gasteiger partial charge is 0.385 e. The fraction of sp³-hybridized carbons (Fsp3) is 0.727. The van der Waals surface area contributed by atoms with Gasteiger partial charge in [0, 0.05) is 51.7 Å². The van der Waals surface area contributed by atoms with E-state index in [9.17, 15) is 0 Å². The Morgan fingerprint density at radius 3 is 2.61 bits per heavy atom. The van der Waals surface area contributed by atoms with E-state index >= 15 is 0 Å². The summed E-state index contributed by atoms with van der Waals surface area (Å²) >= 11 is 0.